The third kappa shape index (κ3) is 4.01. The van der Waals surface area contributed by atoms with Crippen molar-refractivity contribution in [1.82, 2.24) is 9.80 Å². The minimum absolute atomic E-state index is 0. The molecule has 0 radical (unpaired) electrons. The van der Waals surface area contributed by atoms with Crippen molar-refractivity contribution in [2.45, 2.75) is 51.6 Å². The molecule has 7 heteroatoms. The van der Waals surface area contributed by atoms with Gasteiger partial charge in [0.05, 0.1) is 6.26 Å². The van der Waals surface area contributed by atoms with E-state index in [1.54, 1.807) is 17.0 Å². The van der Waals surface area contributed by atoms with Crippen molar-refractivity contribution in [3.05, 3.63) is 24.2 Å². The minimum Gasteiger partial charge on any atom is -0.459 e. The lowest BCUT2D eigenvalue weighted by Gasteiger charge is -2.45. The van der Waals surface area contributed by atoms with Crippen molar-refractivity contribution >= 4 is 24.2 Å². The lowest BCUT2D eigenvalue weighted by Crippen LogP contribution is -2.59. The fourth-order valence-corrected chi connectivity index (χ4v) is 3.75. The van der Waals surface area contributed by atoms with Crippen LogP contribution in [0.2, 0.25) is 0 Å². The Balaban J connectivity index is 0.00000225. The summed E-state index contributed by atoms with van der Waals surface area (Å²) >= 11 is 0. The van der Waals surface area contributed by atoms with Crippen LogP contribution in [0.1, 0.15) is 50.1 Å². The van der Waals surface area contributed by atoms with Crippen LogP contribution in [0, 0.1) is 5.41 Å². The molecule has 2 amide bonds. The van der Waals surface area contributed by atoms with Gasteiger partial charge in [-0.3, -0.25) is 9.59 Å². The number of amides is 2. The molecule has 2 aliphatic rings. The summed E-state index contributed by atoms with van der Waals surface area (Å²) in [5.41, 5.74) is 6.08. The standard InChI is InChI=1S/C18H27N3O3.ClH/c1-18(2)12-20(10-8-15(18)19)16(22)13-6-3-4-9-21(13)17(23)14-7-5-11-24-14;/h5,7,11,13,15H,3-4,6,8-10,12,19H2,1-2H3;1H. The van der Waals surface area contributed by atoms with Crippen LogP contribution >= 0.6 is 12.4 Å². The van der Waals surface area contributed by atoms with E-state index in [2.05, 4.69) is 13.8 Å². The molecule has 25 heavy (non-hydrogen) atoms. The molecule has 3 rings (SSSR count). The Morgan fingerprint density at radius 2 is 2.00 bits per heavy atom. The van der Waals surface area contributed by atoms with Gasteiger partial charge in [0.15, 0.2) is 5.76 Å². The molecule has 2 fully saturated rings. The van der Waals surface area contributed by atoms with Crippen molar-refractivity contribution in [2.75, 3.05) is 19.6 Å². The number of hydrogen-bond donors (Lipinski definition) is 1. The molecule has 0 aromatic carbocycles. The average molecular weight is 370 g/mol. The van der Waals surface area contributed by atoms with E-state index in [9.17, 15) is 9.59 Å². The first-order valence-electron chi connectivity index (χ1n) is 8.79. The molecule has 2 unspecified atom stereocenters. The van der Waals surface area contributed by atoms with Crippen LogP contribution in [0.25, 0.3) is 0 Å². The first kappa shape index (κ1) is 19.8. The summed E-state index contributed by atoms with van der Waals surface area (Å²) in [5.74, 6) is 0.163. The van der Waals surface area contributed by atoms with Gasteiger partial charge in [-0.15, -0.1) is 12.4 Å². The number of likely N-dealkylation sites (tertiary alicyclic amines) is 2. The molecule has 3 heterocycles. The third-order valence-electron chi connectivity index (χ3n) is 5.40. The van der Waals surface area contributed by atoms with Crippen LogP contribution in [0.4, 0.5) is 0 Å². The van der Waals surface area contributed by atoms with E-state index in [-0.39, 0.29) is 41.7 Å². The molecular formula is C18H28ClN3O3. The Morgan fingerprint density at radius 3 is 2.64 bits per heavy atom. The van der Waals surface area contributed by atoms with E-state index in [0.29, 0.717) is 31.8 Å². The molecule has 0 saturated carbocycles. The Morgan fingerprint density at radius 1 is 1.24 bits per heavy atom. The molecular weight excluding hydrogens is 342 g/mol. The second-order valence-corrected chi connectivity index (χ2v) is 7.63. The summed E-state index contributed by atoms with van der Waals surface area (Å²) in [6, 6.07) is 3.07. The second-order valence-electron chi connectivity index (χ2n) is 7.63. The largest absolute Gasteiger partial charge is 0.459 e. The first-order valence-corrected chi connectivity index (χ1v) is 8.79. The molecule has 1 aromatic rings. The molecule has 2 aliphatic heterocycles. The predicted octanol–water partition coefficient (Wildman–Crippen LogP) is 2.28. The van der Waals surface area contributed by atoms with Gasteiger partial charge in [-0.25, -0.2) is 0 Å². The Hall–Kier alpha value is -1.53. The highest BCUT2D eigenvalue weighted by Crippen LogP contribution is 2.30. The van der Waals surface area contributed by atoms with Gasteiger partial charge in [0.1, 0.15) is 6.04 Å². The van der Waals surface area contributed by atoms with Crippen LogP contribution < -0.4 is 5.73 Å². The summed E-state index contributed by atoms with van der Waals surface area (Å²) in [6.07, 6.45) is 4.90. The lowest BCUT2D eigenvalue weighted by molar-refractivity contribution is -0.140. The number of piperidine rings is 2. The number of furan rings is 1. The molecule has 1 aromatic heterocycles. The number of nitrogens with two attached hydrogens (primary N) is 1. The van der Waals surface area contributed by atoms with Gasteiger partial charge in [0.25, 0.3) is 5.91 Å². The molecule has 0 spiro atoms. The number of carbonyl (C=O) groups excluding carboxylic acids is 2. The SMILES string of the molecule is CC1(C)CN(C(=O)C2CCCCN2C(=O)c2ccco2)CCC1N.Cl. The van der Waals surface area contributed by atoms with Crippen LogP contribution in [-0.2, 0) is 4.79 Å². The Kier molecular flexibility index (Phi) is 6.16. The quantitative estimate of drug-likeness (QED) is 0.867. The molecule has 2 N–H and O–H groups in total. The van der Waals surface area contributed by atoms with E-state index in [4.69, 9.17) is 10.2 Å². The van der Waals surface area contributed by atoms with Crippen LogP contribution in [0.3, 0.4) is 0 Å². The van der Waals surface area contributed by atoms with Gasteiger partial charge in [0, 0.05) is 25.7 Å². The lowest BCUT2D eigenvalue weighted by atomic mass is 9.79. The van der Waals surface area contributed by atoms with E-state index in [1.807, 2.05) is 4.90 Å². The number of carbonyl (C=O) groups is 2. The van der Waals surface area contributed by atoms with E-state index < -0.39 is 0 Å². The average Bonchev–Trinajstić information content (AvgIpc) is 3.10. The van der Waals surface area contributed by atoms with E-state index >= 15 is 0 Å². The highest BCUT2D eigenvalue weighted by atomic mass is 35.5. The van der Waals surface area contributed by atoms with Gasteiger partial charge in [-0.2, -0.15) is 0 Å². The second kappa shape index (κ2) is 7.79. The number of nitrogens with zero attached hydrogens (tertiary/aromatic N) is 2. The van der Waals surface area contributed by atoms with Gasteiger partial charge >= 0.3 is 0 Å². The van der Waals surface area contributed by atoms with Crippen molar-refractivity contribution < 1.29 is 14.0 Å². The molecule has 0 bridgehead atoms. The normalized spacial score (nSPS) is 26.0. The van der Waals surface area contributed by atoms with E-state index in [0.717, 1.165) is 19.3 Å². The highest BCUT2D eigenvalue weighted by molar-refractivity contribution is 5.95. The maximum atomic E-state index is 13.1. The molecule has 0 aliphatic carbocycles. The summed E-state index contributed by atoms with van der Waals surface area (Å²) in [6.45, 7) is 6.12. The monoisotopic (exact) mass is 369 g/mol. The molecule has 140 valence electrons. The summed E-state index contributed by atoms with van der Waals surface area (Å²) in [5, 5.41) is 0. The minimum atomic E-state index is -0.388. The van der Waals surface area contributed by atoms with Gasteiger partial charge < -0.3 is 20.0 Å². The van der Waals surface area contributed by atoms with Crippen molar-refractivity contribution in [3.63, 3.8) is 0 Å². The molecule has 6 nitrogen and oxygen atoms in total. The smallest absolute Gasteiger partial charge is 0.290 e. The van der Waals surface area contributed by atoms with Crippen molar-refractivity contribution in [2.24, 2.45) is 11.1 Å². The zero-order chi connectivity index (χ0) is 17.3. The summed E-state index contributed by atoms with van der Waals surface area (Å²) in [7, 11) is 0. The zero-order valence-corrected chi connectivity index (χ0v) is 15.8. The predicted molar refractivity (Wildman–Crippen MR) is 97.6 cm³/mol. The Labute approximate surface area is 155 Å². The van der Waals surface area contributed by atoms with Crippen LogP contribution in [0.5, 0.6) is 0 Å². The summed E-state index contributed by atoms with van der Waals surface area (Å²) < 4.78 is 5.24. The number of halogens is 1. The Bertz CT molecular complexity index is 603. The van der Waals surface area contributed by atoms with Gasteiger partial charge in [-0.1, -0.05) is 13.8 Å². The number of hydrogen-bond acceptors (Lipinski definition) is 4. The van der Waals surface area contributed by atoms with Crippen LogP contribution in [0.15, 0.2) is 22.8 Å². The van der Waals surface area contributed by atoms with Crippen LogP contribution in [-0.4, -0.2) is 53.3 Å². The first-order chi connectivity index (χ1) is 11.4. The fourth-order valence-electron chi connectivity index (χ4n) is 3.75. The molecule has 2 saturated heterocycles. The summed E-state index contributed by atoms with van der Waals surface area (Å²) in [4.78, 5) is 29.3. The topological polar surface area (TPSA) is 79.8 Å². The molecule has 2 atom stereocenters. The maximum Gasteiger partial charge on any atom is 0.290 e. The van der Waals surface area contributed by atoms with E-state index in [1.165, 1.54) is 6.26 Å². The highest BCUT2D eigenvalue weighted by Gasteiger charge is 2.40. The number of rotatable bonds is 2. The maximum absolute atomic E-state index is 13.1. The third-order valence-corrected chi connectivity index (χ3v) is 5.40. The zero-order valence-electron chi connectivity index (χ0n) is 14.9. The van der Waals surface area contributed by atoms with Crippen molar-refractivity contribution in [3.8, 4) is 0 Å². The van der Waals surface area contributed by atoms with Gasteiger partial charge in [0.2, 0.25) is 5.91 Å². The fraction of sp³-hybridized carbons (Fsp3) is 0.667. The van der Waals surface area contributed by atoms with Crippen molar-refractivity contribution in [1.29, 1.82) is 0 Å². The van der Waals surface area contributed by atoms with Gasteiger partial charge in [-0.05, 0) is 43.2 Å².